The van der Waals surface area contributed by atoms with Gasteiger partial charge in [0.25, 0.3) is 0 Å². The largest absolute Gasteiger partial charge is 0.0828 e. The molecule has 0 spiro atoms. The topological polar surface area (TPSA) is 0 Å². The molecule has 0 unspecified atom stereocenters. The van der Waals surface area contributed by atoms with E-state index >= 15 is 0 Å². The van der Waals surface area contributed by atoms with Crippen LogP contribution in [0.25, 0.3) is 0 Å². The molecule has 2 heteroatoms. The Morgan fingerprint density at radius 3 is 2.18 bits per heavy atom. The summed E-state index contributed by atoms with van der Waals surface area (Å²) in [7, 11) is 0. The smallest absolute Gasteiger partial charge is 0.0577 e. The maximum absolute atomic E-state index is 5.83. The van der Waals surface area contributed by atoms with E-state index in [2.05, 4.69) is 15.9 Å². The van der Waals surface area contributed by atoms with E-state index in [4.69, 9.17) is 11.6 Å². The SMILES string of the molecule is CC.Cc1cccc(Br)c1Cl. The molecule has 0 saturated carbocycles. The van der Waals surface area contributed by atoms with Gasteiger partial charge >= 0.3 is 0 Å². The van der Waals surface area contributed by atoms with Gasteiger partial charge in [0.05, 0.1) is 5.02 Å². The Morgan fingerprint density at radius 2 is 1.82 bits per heavy atom. The van der Waals surface area contributed by atoms with Crippen LogP contribution in [0, 0.1) is 6.92 Å². The van der Waals surface area contributed by atoms with E-state index in [0.717, 1.165) is 15.1 Å². The molecule has 1 aromatic rings. The minimum absolute atomic E-state index is 0.803. The van der Waals surface area contributed by atoms with Gasteiger partial charge in [0, 0.05) is 4.47 Å². The molecular formula is C9H12BrCl. The number of aryl methyl sites for hydroxylation is 1. The van der Waals surface area contributed by atoms with E-state index < -0.39 is 0 Å². The molecular weight excluding hydrogens is 223 g/mol. The Labute approximate surface area is 81.7 Å². The summed E-state index contributed by atoms with van der Waals surface area (Å²) in [5.41, 5.74) is 1.10. The third-order valence-corrected chi connectivity index (χ3v) is 2.54. The van der Waals surface area contributed by atoms with Crippen LogP contribution in [0.2, 0.25) is 5.02 Å². The molecule has 11 heavy (non-hydrogen) atoms. The van der Waals surface area contributed by atoms with E-state index in [1.807, 2.05) is 39.0 Å². The minimum atomic E-state index is 0.803. The quantitative estimate of drug-likeness (QED) is 0.624. The van der Waals surface area contributed by atoms with E-state index in [-0.39, 0.29) is 0 Å². The Morgan fingerprint density at radius 1 is 1.27 bits per heavy atom. The lowest BCUT2D eigenvalue weighted by molar-refractivity contribution is 1.45. The molecule has 0 aliphatic heterocycles. The lowest BCUT2D eigenvalue weighted by Gasteiger charge is -1.96. The number of rotatable bonds is 0. The summed E-state index contributed by atoms with van der Waals surface area (Å²) in [6.45, 7) is 5.98. The first kappa shape index (κ1) is 11.0. The van der Waals surface area contributed by atoms with Crippen molar-refractivity contribution in [1.82, 2.24) is 0 Å². The van der Waals surface area contributed by atoms with Crippen LogP contribution in [-0.4, -0.2) is 0 Å². The highest BCUT2D eigenvalue weighted by atomic mass is 79.9. The summed E-state index contributed by atoms with van der Waals surface area (Å²) in [6, 6.07) is 5.87. The molecule has 0 fully saturated rings. The summed E-state index contributed by atoms with van der Waals surface area (Å²) in [5, 5.41) is 0.803. The molecule has 0 radical (unpaired) electrons. The van der Waals surface area contributed by atoms with E-state index in [1.54, 1.807) is 0 Å². The van der Waals surface area contributed by atoms with Gasteiger partial charge in [0.2, 0.25) is 0 Å². The molecule has 62 valence electrons. The third-order valence-electron chi connectivity index (χ3n) is 1.14. The molecule has 1 aromatic carbocycles. The summed E-state index contributed by atoms with van der Waals surface area (Å²) >= 11 is 9.14. The normalized spacial score (nSPS) is 8.45. The van der Waals surface area contributed by atoms with Crippen LogP contribution in [0.1, 0.15) is 19.4 Å². The molecule has 0 N–H and O–H groups in total. The van der Waals surface area contributed by atoms with Crippen LogP contribution in [0.4, 0.5) is 0 Å². The predicted octanol–water partition coefficient (Wildman–Crippen LogP) is 4.44. The van der Waals surface area contributed by atoms with Crippen LogP contribution >= 0.6 is 27.5 Å². The van der Waals surface area contributed by atoms with Gasteiger partial charge in [-0.15, -0.1) is 0 Å². The first-order valence-electron chi connectivity index (χ1n) is 3.62. The summed E-state index contributed by atoms with van der Waals surface area (Å²) in [6.07, 6.45) is 0. The van der Waals surface area contributed by atoms with Crippen LogP contribution < -0.4 is 0 Å². The first-order valence-corrected chi connectivity index (χ1v) is 4.79. The van der Waals surface area contributed by atoms with E-state index in [9.17, 15) is 0 Å². The number of hydrogen-bond donors (Lipinski definition) is 0. The molecule has 0 nitrogen and oxygen atoms in total. The van der Waals surface area contributed by atoms with E-state index in [1.165, 1.54) is 0 Å². The monoisotopic (exact) mass is 234 g/mol. The van der Waals surface area contributed by atoms with Gasteiger partial charge < -0.3 is 0 Å². The zero-order chi connectivity index (χ0) is 8.85. The highest BCUT2D eigenvalue weighted by Gasteiger charge is 1.96. The average Bonchev–Trinajstić information content (AvgIpc) is 2.04. The number of benzene rings is 1. The number of halogens is 2. The molecule has 0 aliphatic carbocycles. The van der Waals surface area contributed by atoms with Gasteiger partial charge in [-0.1, -0.05) is 37.6 Å². The van der Waals surface area contributed by atoms with Gasteiger partial charge in [0.1, 0.15) is 0 Å². The molecule has 0 amide bonds. The third kappa shape index (κ3) is 3.26. The Bertz CT molecular complexity index is 201. The lowest BCUT2D eigenvalue weighted by Crippen LogP contribution is -1.73. The summed E-state index contributed by atoms with van der Waals surface area (Å²) in [4.78, 5) is 0. The van der Waals surface area contributed by atoms with Crippen molar-refractivity contribution in [3.63, 3.8) is 0 Å². The molecule has 0 atom stereocenters. The van der Waals surface area contributed by atoms with Crippen molar-refractivity contribution in [3.05, 3.63) is 33.3 Å². The zero-order valence-electron chi connectivity index (χ0n) is 6.99. The maximum Gasteiger partial charge on any atom is 0.0577 e. The molecule has 0 heterocycles. The van der Waals surface area contributed by atoms with Gasteiger partial charge in [0.15, 0.2) is 0 Å². The Balaban J connectivity index is 0.000000461. The van der Waals surface area contributed by atoms with E-state index in [0.29, 0.717) is 0 Å². The van der Waals surface area contributed by atoms with Gasteiger partial charge in [-0.3, -0.25) is 0 Å². The van der Waals surface area contributed by atoms with Crippen molar-refractivity contribution < 1.29 is 0 Å². The first-order chi connectivity index (χ1) is 5.22. The van der Waals surface area contributed by atoms with Crippen molar-refractivity contribution in [2.24, 2.45) is 0 Å². The maximum atomic E-state index is 5.83. The lowest BCUT2D eigenvalue weighted by atomic mass is 10.2. The van der Waals surface area contributed by atoms with Crippen molar-refractivity contribution in [1.29, 1.82) is 0 Å². The fourth-order valence-corrected chi connectivity index (χ4v) is 1.20. The Hall–Kier alpha value is -0.0100. The summed E-state index contributed by atoms with van der Waals surface area (Å²) < 4.78 is 0.962. The molecule has 0 aromatic heterocycles. The second-order valence-electron chi connectivity index (χ2n) is 1.87. The number of hydrogen-bond acceptors (Lipinski definition) is 0. The zero-order valence-corrected chi connectivity index (χ0v) is 9.33. The average molecular weight is 236 g/mol. The molecule has 0 saturated heterocycles. The Kier molecular flexibility index (Phi) is 5.61. The van der Waals surface area contributed by atoms with Crippen molar-refractivity contribution in [2.75, 3.05) is 0 Å². The summed E-state index contributed by atoms with van der Waals surface area (Å²) in [5.74, 6) is 0. The fraction of sp³-hybridized carbons (Fsp3) is 0.333. The van der Waals surface area contributed by atoms with Crippen LogP contribution in [0.5, 0.6) is 0 Å². The standard InChI is InChI=1S/C7H6BrCl.C2H6/c1-5-3-2-4-6(8)7(5)9;1-2/h2-4H,1H3;1-2H3. The van der Waals surface area contributed by atoms with Crippen molar-refractivity contribution in [3.8, 4) is 0 Å². The second-order valence-corrected chi connectivity index (χ2v) is 3.10. The minimum Gasteiger partial charge on any atom is -0.0828 e. The fourth-order valence-electron chi connectivity index (χ4n) is 0.612. The molecule has 0 aliphatic rings. The molecule has 1 rings (SSSR count). The second kappa shape index (κ2) is 5.62. The molecule has 0 bridgehead atoms. The van der Waals surface area contributed by atoms with Crippen molar-refractivity contribution in [2.45, 2.75) is 20.8 Å². The van der Waals surface area contributed by atoms with Gasteiger partial charge in [-0.2, -0.15) is 0 Å². The van der Waals surface area contributed by atoms with Gasteiger partial charge in [-0.05, 0) is 34.5 Å². The highest BCUT2D eigenvalue weighted by molar-refractivity contribution is 9.10. The van der Waals surface area contributed by atoms with Crippen molar-refractivity contribution >= 4 is 27.5 Å². The van der Waals surface area contributed by atoms with Gasteiger partial charge in [-0.25, -0.2) is 0 Å². The predicted molar refractivity (Wildman–Crippen MR) is 55.2 cm³/mol. The van der Waals surface area contributed by atoms with Crippen LogP contribution in [0.15, 0.2) is 22.7 Å². The highest BCUT2D eigenvalue weighted by Crippen LogP contribution is 2.24. The van der Waals surface area contributed by atoms with Crippen LogP contribution in [0.3, 0.4) is 0 Å². The van der Waals surface area contributed by atoms with Crippen LogP contribution in [-0.2, 0) is 0 Å².